The number of halogens is 2. The number of anilines is 1. The first-order valence-electron chi connectivity index (χ1n) is 8.79. The highest BCUT2D eigenvalue weighted by atomic mass is 35.5. The van der Waals surface area contributed by atoms with Crippen LogP contribution < -0.4 is 5.32 Å². The maximum atomic E-state index is 12.4. The minimum Gasteiger partial charge on any atom is -0.324 e. The number of aromatic nitrogens is 3. The molecule has 0 spiro atoms. The van der Waals surface area contributed by atoms with Crippen LogP contribution in [0.3, 0.4) is 0 Å². The van der Waals surface area contributed by atoms with E-state index in [-0.39, 0.29) is 17.7 Å². The molecule has 5 nitrogen and oxygen atoms in total. The first-order chi connectivity index (χ1) is 13.4. The zero-order valence-electron chi connectivity index (χ0n) is 15.7. The van der Waals surface area contributed by atoms with Gasteiger partial charge in [-0.1, -0.05) is 41.9 Å². The van der Waals surface area contributed by atoms with Crippen LogP contribution in [0.1, 0.15) is 31.7 Å². The van der Waals surface area contributed by atoms with Crippen molar-refractivity contribution in [3.05, 3.63) is 44.6 Å². The van der Waals surface area contributed by atoms with E-state index >= 15 is 0 Å². The van der Waals surface area contributed by atoms with Gasteiger partial charge in [-0.25, -0.2) is 0 Å². The van der Waals surface area contributed by atoms with Gasteiger partial charge in [0.25, 0.3) is 0 Å². The Morgan fingerprint density at radius 1 is 1.29 bits per heavy atom. The summed E-state index contributed by atoms with van der Waals surface area (Å²) >= 11 is 15.1. The third-order valence-electron chi connectivity index (χ3n) is 3.98. The highest BCUT2D eigenvalue weighted by Crippen LogP contribution is 2.31. The van der Waals surface area contributed by atoms with Crippen LogP contribution >= 0.6 is 46.3 Å². The average Bonchev–Trinajstić information content (AvgIpc) is 3.29. The number of benzene rings is 1. The van der Waals surface area contributed by atoms with Gasteiger partial charge in [-0.15, -0.1) is 21.5 Å². The number of aryl methyl sites for hydroxylation is 1. The van der Waals surface area contributed by atoms with Crippen molar-refractivity contribution in [3.63, 3.8) is 0 Å². The van der Waals surface area contributed by atoms with Crippen LogP contribution in [-0.2, 0) is 11.2 Å². The maximum absolute atomic E-state index is 12.4. The van der Waals surface area contributed by atoms with Crippen LogP contribution in [0.4, 0.5) is 5.69 Å². The van der Waals surface area contributed by atoms with Crippen molar-refractivity contribution in [1.82, 2.24) is 14.8 Å². The molecule has 0 unspecified atom stereocenters. The van der Waals surface area contributed by atoms with E-state index in [0.29, 0.717) is 20.9 Å². The van der Waals surface area contributed by atoms with Crippen molar-refractivity contribution in [3.8, 4) is 11.4 Å². The lowest BCUT2D eigenvalue weighted by Crippen LogP contribution is -2.15. The Bertz CT molecular complexity index is 984. The lowest BCUT2D eigenvalue weighted by atomic mass is 10.2. The zero-order valence-corrected chi connectivity index (χ0v) is 18.8. The monoisotopic (exact) mass is 454 g/mol. The molecule has 0 atom stereocenters. The quantitative estimate of drug-likeness (QED) is 0.432. The molecule has 0 saturated carbocycles. The minimum absolute atomic E-state index is 0.169. The third kappa shape index (κ3) is 4.89. The topological polar surface area (TPSA) is 59.8 Å². The number of hydrogen-bond donors (Lipinski definition) is 1. The second-order valence-electron chi connectivity index (χ2n) is 6.39. The molecular weight excluding hydrogens is 435 g/mol. The second kappa shape index (κ2) is 9.31. The van der Waals surface area contributed by atoms with E-state index in [1.807, 2.05) is 0 Å². The van der Waals surface area contributed by atoms with Gasteiger partial charge < -0.3 is 5.32 Å². The van der Waals surface area contributed by atoms with Gasteiger partial charge in [0.05, 0.1) is 16.5 Å². The fraction of sp³-hybridized carbons (Fsp3) is 0.316. The van der Waals surface area contributed by atoms with Crippen molar-refractivity contribution in [1.29, 1.82) is 0 Å². The standard InChI is InChI=1S/C19H20Cl2N4OS2/c1-4-14-7-12(9-27-14)18-23-24-19(25(18)11(2)3)28-10-17(26)22-16-8-13(20)5-6-15(16)21/h5-9,11H,4,10H2,1-3H3,(H,22,26). The summed E-state index contributed by atoms with van der Waals surface area (Å²) in [4.78, 5) is 13.7. The Labute approximate surface area is 182 Å². The molecule has 28 heavy (non-hydrogen) atoms. The second-order valence-corrected chi connectivity index (χ2v) is 9.17. The smallest absolute Gasteiger partial charge is 0.234 e. The molecule has 3 aromatic rings. The fourth-order valence-electron chi connectivity index (χ4n) is 2.63. The Morgan fingerprint density at radius 2 is 2.07 bits per heavy atom. The SMILES string of the molecule is CCc1cc(-c2nnc(SCC(=O)Nc3cc(Cl)ccc3Cl)n2C(C)C)cs1. The lowest BCUT2D eigenvalue weighted by molar-refractivity contribution is -0.113. The van der Waals surface area contributed by atoms with Crippen LogP contribution in [0.2, 0.25) is 10.0 Å². The van der Waals surface area contributed by atoms with Crippen molar-refractivity contribution < 1.29 is 4.79 Å². The van der Waals surface area contributed by atoms with Crippen molar-refractivity contribution in [2.45, 2.75) is 38.4 Å². The molecule has 9 heteroatoms. The number of hydrogen-bond acceptors (Lipinski definition) is 5. The first kappa shape index (κ1) is 21.2. The Balaban J connectivity index is 1.73. The summed E-state index contributed by atoms with van der Waals surface area (Å²) in [5, 5.41) is 15.2. The number of thioether (sulfide) groups is 1. The highest BCUT2D eigenvalue weighted by molar-refractivity contribution is 7.99. The predicted octanol–water partition coefficient (Wildman–Crippen LogP) is 6.19. The van der Waals surface area contributed by atoms with Crippen molar-refractivity contribution in [2.24, 2.45) is 0 Å². The average molecular weight is 455 g/mol. The molecule has 1 aromatic carbocycles. The number of thiophene rings is 1. The summed E-state index contributed by atoms with van der Waals surface area (Å²) in [6.45, 7) is 6.29. The van der Waals surface area contributed by atoms with E-state index in [4.69, 9.17) is 23.2 Å². The number of nitrogens with zero attached hydrogens (tertiary/aromatic N) is 3. The maximum Gasteiger partial charge on any atom is 0.234 e. The Morgan fingerprint density at radius 3 is 2.75 bits per heavy atom. The Hall–Kier alpha value is -1.54. The van der Waals surface area contributed by atoms with Crippen molar-refractivity contribution >= 4 is 57.9 Å². The summed E-state index contributed by atoms with van der Waals surface area (Å²) in [6.07, 6.45) is 0.994. The largest absolute Gasteiger partial charge is 0.324 e. The molecular formula is C19H20Cl2N4OS2. The highest BCUT2D eigenvalue weighted by Gasteiger charge is 2.19. The number of rotatable bonds is 7. The summed E-state index contributed by atoms with van der Waals surface area (Å²) in [7, 11) is 0. The summed E-state index contributed by atoms with van der Waals surface area (Å²) in [5.41, 5.74) is 1.56. The normalized spacial score (nSPS) is 11.2. The molecule has 0 fully saturated rings. The summed E-state index contributed by atoms with van der Waals surface area (Å²) < 4.78 is 2.06. The Kier molecular flexibility index (Phi) is 7.04. The van der Waals surface area contributed by atoms with Crippen LogP contribution in [0.15, 0.2) is 34.8 Å². The van der Waals surface area contributed by atoms with Gasteiger partial charge in [-0.3, -0.25) is 9.36 Å². The molecule has 0 saturated heterocycles. The van der Waals surface area contributed by atoms with Crippen LogP contribution in [0.25, 0.3) is 11.4 Å². The number of carbonyl (C=O) groups excluding carboxylic acids is 1. The summed E-state index contributed by atoms with van der Waals surface area (Å²) in [6, 6.07) is 7.27. The van der Waals surface area contributed by atoms with E-state index in [1.165, 1.54) is 16.6 Å². The van der Waals surface area contributed by atoms with Crippen LogP contribution in [-0.4, -0.2) is 26.4 Å². The number of carbonyl (C=O) groups is 1. The zero-order chi connectivity index (χ0) is 20.3. The fourth-order valence-corrected chi connectivity index (χ4v) is 4.65. The van der Waals surface area contributed by atoms with Gasteiger partial charge in [0.2, 0.25) is 5.91 Å². The van der Waals surface area contributed by atoms with Crippen LogP contribution in [0, 0.1) is 0 Å². The molecule has 1 amide bonds. The molecule has 0 aliphatic carbocycles. The molecule has 0 bridgehead atoms. The molecule has 2 heterocycles. The summed E-state index contributed by atoms with van der Waals surface area (Å²) in [5.74, 6) is 0.835. The first-order valence-corrected chi connectivity index (χ1v) is 11.4. The lowest BCUT2D eigenvalue weighted by Gasteiger charge is -2.13. The molecule has 0 aliphatic rings. The predicted molar refractivity (Wildman–Crippen MR) is 119 cm³/mol. The van der Waals surface area contributed by atoms with Gasteiger partial charge in [0, 0.05) is 26.9 Å². The van der Waals surface area contributed by atoms with E-state index < -0.39 is 0 Å². The van der Waals surface area contributed by atoms with Crippen molar-refractivity contribution in [2.75, 3.05) is 11.1 Å². The van der Waals surface area contributed by atoms with E-state index in [2.05, 4.69) is 52.3 Å². The van der Waals surface area contributed by atoms with Gasteiger partial charge in [0.1, 0.15) is 0 Å². The van der Waals surface area contributed by atoms with E-state index in [0.717, 1.165) is 17.8 Å². The van der Waals surface area contributed by atoms with Crippen LogP contribution in [0.5, 0.6) is 0 Å². The van der Waals surface area contributed by atoms with E-state index in [1.54, 1.807) is 29.5 Å². The third-order valence-corrected chi connectivity index (χ3v) is 6.57. The van der Waals surface area contributed by atoms with Gasteiger partial charge in [-0.05, 0) is 44.5 Å². The molecule has 2 aromatic heterocycles. The molecule has 0 radical (unpaired) electrons. The van der Waals surface area contributed by atoms with Gasteiger partial charge in [-0.2, -0.15) is 0 Å². The molecule has 148 valence electrons. The van der Waals surface area contributed by atoms with Gasteiger partial charge in [0.15, 0.2) is 11.0 Å². The minimum atomic E-state index is -0.183. The molecule has 1 N–H and O–H groups in total. The molecule has 0 aliphatic heterocycles. The van der Waals surface area contributed by atoms with E-state index in [9.17, 15) is 4.79 Å². The van der Waals surface area contributed by atoms with Gasteiger partial charge >= 0.3 is 0 Å². The molecule has 3 rings (SSSR count). The number of nitrogens with one attached hydrogen (secondary N) is 1. The number of amides is 1.